The molecule has 0 saturated heterocycles. The van der Waals surface area contributed by atoms with Crippen LogP contribution < -0.4 is 14.4 Å². The summed E-state index contributed by atoms with van der Waals surface area (Å²) in [5.41, 5.74) is 2.71. The average molecular weight is 431 g/mol. The van der Waals surface area contributed by atoms with E-state index in [0.717, 1.165) is 22.5 Å². The predicted molar refractivity (Wildman–Crippen MR) is 110 cm³/mol. The minimum Gasteiger partial charge on any atom is -0.484 e. The Labute approximate surface area is 172 Å². The lowest BCUT2D eigenvalue weighted by Crippen LogP contribution is -2.29. The quantitative estimate of drug-likeness (QED) is 0.603. The predicted octanol–water partition coefficient (Wildman–Crippen LogP) is 2.62. The first-order valence-electron chi connectivity index (χ1n) is 8.87. The molecule has 0 spiro atoms. The molecule has 3 aromatic rings. The van der Waals surface area contributed by atoms with Crippen molar-refractivity contribution in [3.63, 3.8) is 0 Å². The van der Waals surface area contributed by atoms with Crippen molar-refractivity contribution in [3.05, 3.63) is 59.7 Å². The molecule has 0 atom stereocenters. The number of fused-ring (bicyclic) bond motifs is 1. The van der Waals surface area contributed by atoms with Gasteiger partial charge in [-0.05, 0) is 37.1 Å². The van der Waals surface area contributed by atoms with Crippen molar-refractivity contribution in [1.29, 1.82) is 0 Å². The molecule has 4 rings (SSSR count). The molecule has 0 bridgehead atoms. The number of benzene rings is 2. The van der Waals surface area contributed by atoms with E-state index in [1.807, 2.05) is 31.2 Å². The normalized spacial score (nSPS) is 13.2. The van der Waals surface area contributed by atoms with Gasteiger partial charge in [0, 0.05) is 6.54 Å². The van der Waals surface area contributed by atoms with E-state index < -0.39 is 15.9 Å². The van der Waals surface area contributed by atoms with Crippen molar-refractivity contribution in [1.82, 2.24) is 10.2 Å². The lowest BCUT2D eigenvalue weighted by molar-refractivity contribution is -0.118. The Morgan fingerprint density at radius 3 is 2.72 bits per heavy atom. The van der Waals surface area contributed by atoms with Gasteiger partial charge in [-0.2, -0.15) is 8.42 Å². The van der Waals surface area contributed by atoms with Gasteiger partial charge in [-0.3, -0.25) is 14.4 Å². The third-order valence-corrected chi connectivity index (χ3v) is 7.40. The molecule has 2 heterocycles. The minimum atomic E-state index is -3.83. The highest BCUT2D eigenvalue weighted by atomic mass is 32.2. The van der Waals surface area contributed by atoms with E-state index in [1.165, 1.54) is 4.31 Å². The molecular weight excluding hydrogens is 412 g/mol. The third kappa shape index (κ3) is 4.08. The number of amides is 1. The number of rotatable bonds is 6. The Balaban J connectivity index is 1.41. The number of anilines is 2. The lowest BCUT2D eigenvalue weighted by atomic mass is 10.2. The second kappa shape index (κ2) is 7.80. The Hall–Kier alpha value is -2.98. The second-order valence-electron chi connectivity index (χ2n) is 6.48. The van der Waals surface area contributed by atoms with Gasteiger partial charge in [0.2, 0.25) is 5.13 Å². The first-order chi connectivity index (χ1) is 13.9. The van der Waals surface area contributed by atoms with E-state index in [4.69, 9.17) is 4.74 Å². The summed E-state index contributed by atoms with van der Waals surface area (Å²) < 4.78 is 32.4. The summed E-state index contributed by atoms with van der Waals surface area (Å²) in [6.07, 6.45) is 0.647. The maximum atomic E-state index is 12.9. The highest BCUT2D eigenvalue weighted by Crippen LogP contribution is 2.34. The largest absolute Gasteiger partial charge is 0.484 e. The Bertz CT molecular complexity index is 1140. The molecule has 1 N–H and O–H groups in total. The summed E-state index contributed by atoms with van der Waals surface area (Å²) in [7, 11) is -3.83. The number of para-hydroxylation sites is 1. The summed E-state index contributed by atoms with van der Waals surface area (Å²) in [4.78, 5) is 12.1. The van der Waals surface area contributed by atoms with Crippen molar-refractivity contribution in [2.75, 3.05) is 22.8 Å². The van der Waals surface area contributed by atoms with E-state index in [0.29, 0.717) is 24.4 Å². The molecule has 0 unspecified atom stereocenters. The molecular formula is C19H18N4O4S2. The van der Waals surface area contributed by atoms with Gasteiger partial charge < -0.3 is 4.74 Å². The van der Waals surface area contributed by atoms with Gasteiger partial charge in [0.1, 0.15) is 5.75 Å². The number of carbonyl (C=O) groups is 1. The van der Waals surface area contributed by atoms with Gasteiger partial charge in [0.15, 0.2) is 6.61 Å². The molecule has 1 aliphatic rings. The van der Waals surface area contributed by atoms with Crippen LogP contribution in [0.25, 0.3) is 0 Å². The number of carbonyl (C=O) groups excluding carboxylic acids is 1. The van der Waals surface area contributed by atoms with E-state index in [1.54, 1.807) is 24.3 Å². The molecule has 1 aliphatic heterocycles. The summed E-state index contributed by atoms with van der Waals surface area (Å²) in [6, 6.07) is 14.7. The topological polar surface area (TPSA) is 101 Å². The van der Waals surface area contributed by atoms with Gasteiger partial charge in [-0.15, -0.1) is 10.2 Å². The van der Waals surface area contributed by atoms with Crippen LogP contribution in [0, 0.1) is 6.92 Å². The zero-order valence-corrected chi connectivity index (χ0v) is 17.2. The standard InChI is InChI=1S/C19H18N4O4S2/c1-13-6-8-15(9-7-13)27-12-17(24)20-18-21-22-19(28-18)29(25,26)23-11-10-14-4-2-3-5-16(14)23/h2-9H,10-12H2,1H3,(H,20,21,24). The van der Waals surface area contributed by atoms with Crippen molar-refractivity contribution in [2.24, 2.45) is 0 Å². The minimum absolute atomic E-state index is 0.105. The number of aryl methyl sites for hydroxylation is 1. The van der Waals surface area contributed by atoms with Gasteiger partial charge in [-0.1, -0.05) is 47.2 Å². The number of nitrogens with one attached hydrogen (secondary N) is 1. The fourth-order valence-corrected chi connectivity index (χ4v) is 5.48. The van der Waals surface area contributed by atoms with Crippen molar-refractivity contribution in [2.45, 2.75) is 17.7 Å². The molecule has 0 saturated carbocycles. The SMILES string of the molecule is Cc1ccc(OCC(=O)Nc2nnc(S(=O)(=O)N3CCc4ccccc43)s2)cc1. The smallest absolute Gasteiger partial charge is 0.293 e. The van der Waals surface area contributed by atoms with Crippen LogP contribution in [0.15, 0.2) is 52.9 Å². The number of hydrogen-bond acceptors (Lipinski definition) is 7. The second-order valence-corrected chi connectivity index (χ2v) is 9.49. The van der Waals surface area contributed by atoms with Crippen LogP contribution in [0.2, 0.25) is 0 Å². The average Bonchev–Trinajstić information content (AvgIpc) is 3.35. The molecule has 8 nitrogen and oxygen atoms in total. The van der Waals surface area contributed by atoms with E-state index in [-0.39, 0.29) is 16.1 Å². The van der Waals surface area contributed by atoms with E-state index >= 15 is 0 Å². The van der Waals surface area contributed by atoms with Crippen LogP contribution >= 0.6 is 11.3 Å². The number of ether oxygens (including phenoxy) is 1. The van der Waals surface area contributed by atoms with Gasteiger partial charge >= 0.3 is 0 Å². The maximum Gasteiger partial charge on any atom is 0.293 e. The Morgan fingerprint density at radius 1 is 1.17 bits per heavy atom. The van der Waals surface area contributed by atoms with Crippen LogP contribution in [-0.2, 0) is 21.2 Å². The molecule has 10 heteroatoms. The molecule has 0 fully saturated rings. The van der Waals surface area contributed by atoms with Gasteiger partial charge in [0.05, 0.1) is 5.69 Å². The molecule has 0 radical (unpaired) electrons. The van der Waals surface area contributed by atoms with Crippen LogP contribution in [0.1, 0.15) is 11.1 Å². The lowest BCUT2D eigenvalue weighted by Gasteiger charge is -2.17. The highest BCUT2D eigenvalue weighted by Gasteiger charge is 2.33. The zero-order chi connectivity index (χ0) is 20.4. The summed E-state index contributed by atoms with van der Waals surface area (Å²) in [6.45, 7) is 2.09. The molecule has 1 aromatic heterocycles. The zero-order valence-electron chi connectivity index (χ0n) is 15.5. The van der Waals surface area contributed by atoms with Crippen molar-refractivity contribution >= 4 is 38.1 Å². The summed E-state index contributed by atoms with van der Waals surface area (Å²) in [5.74, 6) is 0.121. The molecule has 2 aromatic carbocycles. The fraction of sp³-hybridized carbons (Fsp3) is 0.211. The van der Waals surface area contributed by atoms with Gasteiger partial charge in [-0.25, -0.2) is 0 Å². The van der Waals surface area contributed by atoms with E-state index in [9.17, 15) is 13.2 Å². The number of hydrogen-bond donors (Lipinski definition) is 1. The van der Waals surface area contributed by atoms with Crippen molar-refractivity contribution in [3.8, 4) is 5.75 Å². The Morgan fingerprint density at radius 2 is 1.93 bits per heavy atom. The van der Waals surface area contributed by atoms with Crippen LogP contribution in [0.4, 0.5) is 10.8 Å². The van der Waals surface area contributed by atoms with Crippen LogP contribution in [0.5, 0.6) is 5.75 Å². The molecule has 29 heavy (non-hydrogen) atoms. The van der Waals surface area contributed by atoms with E-state index in [2.05, 4.69) is 15.5 Å². The third-order valence-electron chi connectivity index (χ3n) is 4.40. The first kappa shape index (κ1) is 19.3. The van der Waals surface area contributed by atoms with Gasteiger partial charge in [0.25, 0.3) is 20.3 Å². The highest BCUT2D eigenvalue weighted by molar-refractivity contribution is 7.94. The molecule has 1 amide bonds. The molecule has 0 aliphatic carbocycles. The van der Waals surface area contributed by atoms with Crippen molar-refractivity contribution < 1.29 is 17.9 Å². The van der Waals surface area contributed by atoms with Crippen LogP contribution in [-0.4, -0.2) is 37.7 Å². The fourth-order valence-electron chi connectivity index (χ4n) is 2.96. The number of aromatic nitrogens is 2. The summed E-state index contributed by atoms with van der Waals surface area (Å²) in [5, 5.41) is 10.2. The maximum absolute atomic E-state index is 12.9. The van der Waals surface area contributed by atoms with Crippen LogP contribution in [0.3, 0.4) is 0 Å². The first-order valence-corrected chi connectivity index (χ1v) is 11.1. The molecule has 150 valence electrons. The number of nitrogens with zero attached hydrogens (tertiary/aromatic N) is 3. The summed E-state index contributed by atoms with van der Waals surface area (Å²) >= 11 is 0.814. The number of sulfonamides is 1. The Kier molecular flexibility index (Phi) is 5.20. The monoisotopic (exact) mass is 430 g/mol.